The Balaban J connectivity index is 2.37. The average molecular weight is 406 g/mol. The Hall–Kier alpha value is -1.77. The van der Waals surface area contributed by atoms with E-state index < -0.39 is 24.3 Å². The van der Waals surface area contributed by atoms with Crippen LogP contribution in [0.1, 0.15) is 45.7 Å². The van der Waals surface area contributed by atoms with Gasteiger partial charge in [-0.1, -0.05) is 30.0 Å². The molecule has 1 aliphatic rings. The molecule has 1 aliphatic heterocycles. The molecule has 0 atom stereocenters. The highest BCUT2D eigenvalue weighted by atomic mass is 32.2. The van der Waals surface area contributed by atoms with E-state index in [1.54, 1.807) is 12.1 Å². The molecule has 0 radical (unpaired) electrons. The van der Waals surface area contributed by atoms with Gasteiger partial charge in [-0.3, -0.25) is 9.59 Å². The number of carboxylic acids is 1. The van der Waals surface area contributed by atoms with Crippen LogP contribution in [0.15, 0.2) is 23.7 Å². The SMILES string of the molecule is COc1cc(C=C(CSC(C)=O)B2OC(C)(C)C(C)(C)O2)ccc1CC(=O)O. The van der Waals surface area contributed by atoms with E-state index in [9.17, 15) is 9.59 Å². The van der Waals surface area contributed by atoms with Gasteiger partial charge in [0.25, 0.3) is 0 Å². The van der Waals surface area contributed by atoms with Crippen LogP contribution in [-0.2, 0) is 25.3 Å². The fourth-order valence-electron chi connectivity index (χ4n) is 2.73. The summed E-state index contributed by atoms with van der Waals surface area (Å²) in [6.07, 6.45) is 1.79. The number of aliphatic carboxylic acids is 1. The zero-order valence-corrected chi connectivity index (χ0v) is 18.0. The molecule has 0 aliphatic carbocycles. The minimum atomic E-state index is -0.919. The van der Waals surface area contributed by atoms with Crippen LogP contribution in [0.2, 0.25) is 0 Å². The summed E-state index contributed by atoms with van der Waals surface area (Å²) in [5.74, 6) is 0.0201. The monoisotopic (exact) mass is 406 g/mol. The summed E-state index contributed by atoms with van der Waals surface area (Å²) < 4.78 is 17.6. The lowest BCUT2D eigenvalue weighted by atomic mass is 9.78. The normalized spacial score (nSPS) is 18.2. The second kappa shape index (κ2) is 8.72. The second-order valence-electron chi connectivity index (χ2n) is 7.73. The van der Waals surface area contributed by atoms with Crippen molar-refractivity contribution in [1.82, 2.24) is 0 Å². The van der Waals surface area contributed by atoms with Gasteiger partial charge in [0.1, 0.15) is 5.75 Å². The molecule has 28 heavy (non-hydrogen) atoms. The largest absolute Gasteiger partial charge is 0.496 e. The third-order valence-electron chi connectivity index (χ3n) is 5.00. The summed E-state index contributed by atoms with van der Waals surface area (Å²) in [6, 6.07) is 5.34. The van der Waals surface area contributed by atoms with Crippen molar-refractivity contribution in [2.24, 2.45) is 0 Å². The van der Waals surface area contributed by atoms with E-state index in [1.807, 2.05) is 39.8 Å². The van der Waals surface area contributed by atoms with E-state index in [0.29, 0.717) is 17.1 Å². The number of methoxy groups -OCH3 is 1. The Morgan fingerprint density at radius 2 is 1.82 bits per heavy atom. The molecule has 2 rings (SSSR count). The number of benzene rings is 1. The first-order valence-electron chi connectivity index (χ1n) is 9.03. The number of rotatable bonds is 7. The summed E-state index contributed by atoms with van der Waals surface area (Å²) in [5, 5.41) is 9.04. The van der Waals surface area contributed by atoms with Gasteiger partial charge < -0.3 is 19.2 Å². The molecule has 0 unspecified atom stereocenters. The first-order chi connectivity index (χ1) is 12.9. The molecule has 0 spiro atoms. The van der Waals surface area contributed by atoms with Crippen LogP contribution in [0.3, 0.4) is 0 Å². The van der Waals surface area contributed by atoms with Gasteiger partial charge in [-0.25, -0.2) is 0 Å². The molecule has 1 fully saturated rings. The lowest BCUT2D eigenvalue weighted by Gasteiger charge is -2.32. The number of carboxylic acid groups (broad SMARTS) is 1. The van der Waals surface area contributed by atoms with Crippen molar-refractivity contribution in [2.75, 3.05) is 12.9 Å². The molecule has 0 bridgehead atoms. The van der Waals surface area contributed by atoms with Gasteiger partial charge in [0.15, 0.2) is 5.12 Å². The van der Waals surface area contributed by atoms with E-state index in [1.165, 1.54) is 25.8 Å². The lowest BCUT2D eigenvalue weighted by Crippen LogP contribution is -2.41. The van der Waals surface area contributed by atoms with Gasteiger partial charge in [-0.15, -0.1) is 0 Å². The molecule has 8 heteroatoms. The molecule has 0 amide bonds. The maximum Gasteiger partial charge on any atom is 0.491 e. The van der Waals surface area contributed by atoms with Gasteiger partial charge in [-0.2, -0.15) is 0 Å². The Morgan fingerprint density at radius 1 is 1.21 bits per heavy atom. The number of hydrogen-bond donors (Lipinski definition) is 1. The molecule has 152 valence electrons. The minimum absolute atomic E-state index is 0.0109. The molecule has 1 saturated heterocycles. The first-order valence-corrected chi connectivity index (χ1v) is 10.0. The fraction of sp³-hybridized carbons (Fsp3) is 0.500. The molecule has 6 nitrogen and oxygen atoms in total. The number of thioether (sulfide) groups is 1. The van der Waals surface area contributed by atoms with E-state index in [-0.39, 0.29) is 11.5 Å². The van der Waals surface area contributed by atoms with E-state index in [2.05, 4.69) is 0 Å². The van der Waals surface area contributed by atoms with Crippen LogP contribution in [0.4, 0.5) is 0 Å². The molecule has 1 heterocycles. The van der Waals surface area contributed by atoms with E-state index >= 15 is 0 Å². The maximum atomic E-state index is 11.5. The summed E-state index contributed by atoms with van der Waals surface area (Å²) in [4.78, 5) is 22.5. The first kappa shape index (κ1) is 22.5. The van der Waals surface area contributed by atoms with Crippen LogP contribution in [0, 0.1) is 0 Å². The van der Waals surface area contributed by atoms with Crippen molar-refractivity contribution in [3.05, 3.63) is 34.8 Å². The third kappa shape index (κ3) is 5.40. The molecular weight excluding hydrogens is 379 g/mol. The van der Waals surface area contributed by atoms with Crippen LogP contribution in [0.5, 0.6) is 5.75 Å². The number of hydrogen-bond acceptors (Lipinski definition) is 6. The minimum Gasteiger partial charge on any atom is -0.496 e. The van der Waals surface area contributed by atoms with Crippen LogP contribution in [-0.4, -0.2) is 47.4 Å². The van der Waals surface area contributed by atoms with Crippen LogP contribution < -0.4 is 4.74 Å². The van der Waals surface area contributed by atoms with Crippen LogP contribution >= 0.6 is 11.8 Å². The lowest BCUT2D eigenvalue weighted by molar-refractivity contribution is -0.136. The smallest absolute Gasteiger partial charge is 0.491 e. The third-order valence-corrected chi connectivity index (χ3v) is 5.89. The zero-order chi connectivity index (χ0) is 21.1. The number of carbonyl (C=O) groups excluding carboxylic acids is 1. The van der Waals surface area contributed by atoms with Gasteiger partial charge in [0.2, 0.25) is 0 Å². The Morgan fingerprint density at radius 3 is 2.32 bits per heavy atom. The van der Waals surface area contributed by atoms with Crippen molar-refractivity contribution in [2.45, 2.75) is 52.2 Å². The molecule has 1 aromatic carbocycles. The number of ether oxygens (including phenoxy) is 1. The number of carbonyl (C=O) groups is 2. The Labute approximate surface area is 170 Å². The standard InChI is InChI=1S/C20H27BO6S/c1-13(22)28-12-16(21-26-19(2,3)20(4,5)27-21)9-14-7-8-15(11-18(23)24)17(10-14)25-6/h7-10H,11-12H2,1-6H3,(H,23,24). The highest BCUT2D eigenvalue weighted by Gasteiger charge is 2.52. The molecule has 0 aromatic heterocycles. The highest BCUT2D eigenvalue weighted by Crippen LogP contribution is 2.39. The summed E-state index contributed by atoms with van der Waals surface area (Å²) in [5.41, 5.74) is 1.27. The predicted octanol–water partition coefficient (Wildman–Crippen LogP) is 3.62. The quantitative estimate of drug-likeness (QED) is 0.693. The van der Waals surface area contributed by atoms with Crippen molar-refractivity contribution in [3.63, 3.8) is 0 Å². The maximum absolute atomic E-state index is 11.5. The fourth-order valence-corrected chi connectivity index (χ4v) is 3.32. The molecular formula is C20H27BO6S. The Bertz CT molecular complexity index is 771. The van der Waals surface area contributed by atoms with Gasteiger partial charge in [0.05, 0.1) is 24.7 Å². The van der Waals surface area contributed by atoms with Crippen molar-refractivity contribution < 1.29 is 28.7 Å². The molecule has 1 N–H and O–H groups in total. The van der Waals surface area contributed by atoms with E-state index in [4.69, 9.17) is 19.2 Å². The zero-order valence-electron chi connectivity index (χ0n) is 17.2. The van der Waals surface area contributed by atoms with Crippen molar-refractivity contribution >= 4 is 36.0 Å². The summed E-state index contributed by atoms with van der Waals surface area (Å²) in [6.45, 7) is 9.44. The van der Waals surface area contributed by atoms with Crippen molar-refractivity contribution in [1.29, 1.82) is 0 Å². The summed E-state index contributed by atoms with van der Waals surface area (Å²) >= 11 is 1.19. The Kier molecular flexibility index (Phi) is 7.01. The predicted molar refractivity (Wildman–Crippen MR) is 112 cm³/mol. The topological polar surface area (TPSA) is 82.1 Å². The van der Waals surface area contributed by atoms with Gasteiger partial charge in [0, 0.05) is 18.2 Å². The second-order valence-corrected chi connectivity index (χ2v) is 8.88. The van der Waals surface area contributed by atoms with Gasteiger partial charge >= 0.3 is 13.1 Å². The molecule has 1 aromatic rings. The van der Waals surface area contributed by atoms with Crippen LogP contribution in [0.25, 0.3) is 6.08 Å². The highest BCUT2D eigenvalue weighted by molar-refractivity contribution is 8.13. The van der Waals surface area contributed by atoms with Gasteiger partial charge in [-0.05, 0) is 44.8 Å². The summed E-state index contributed by atoms with van der Waals surface area (Å²) in [7, 11) is 0.941. The average Bonchev–Trinajstić information content (AvgIpc) is 2.79. The van der Waals surface area contributed by atoms with Crippen molar-refractivity contribution in [3.8, 4) is 5.75 Å². The molecule has 0 saturated carbocycles. The van der Waals surface area contributed by atoms with E-state index in [0.717, 1.165) is 11.0 Å².